The first-order valence-electron chi connectivity index (χ1n) is 10.7. The average molecular weight is 507 g/mol. The highest BCUT2D eigenvalue weighted by Crippen LogP contribution is 2.36. The second-order valence-electron chi connectivity index (χ2n) is 7.42. The number of nitrogens with zero attached hydrogens (tertiary/aromatic N) is 6. The molecule has 0 unspecified atom stereocenters. The molecule has 1 saturated heterocycles. The summed E-state index contributed by atoms with van der Waals surface area (Å²) in [5.41, 5.74) is 8.41. The number of carbonyl (C=O) groups is 4. The van der Waals surface area contributed by atoms with Crippen LogP contribution in [0.3, 0.4) is 0 Å². The molecule has 0 radical (unpaired) electrons. The lowest BCUT2D eigenvalue weighted by atomic mass is 10.1. The molecule has 3 heterocycles. The van der Waals surface area contributed by atoms with Gasteiger partial charge in [-0.25, -0.2) is 15.2 Å². The van der Waals surface area contributed by atoms with E-state index in [9.17, 15) is 19.2 Å². The molecular weight excluding hydrogens is 482 g/mol. The van der Waals surface area contributed by atoms with Crippen LogP contribution in [0.4, 0.5) is 16.6 Å². The van der Waals surface area contributed by atoms with E-state index in [0.29, 0.717) is 6.54 Å². The maximum atomic E-state index is 11.9. The van der Waals surface area contributed by atoms with E-state index in [1.807, 2.05) is 0 Å². The summed E-state index contributed by atoms with van der Waals surface area (Å²) in [4.78, 5) is 58.9. The Kier molecular flexibility index (Phi) is 8.26. The lowest BCUT2D eigenvalue weighted by Gasteiger charge is -2.23. The van der Waals surface area contributed by atoms with Gasteiger partial charge in [0.25, 0.3) is 5.95 Å². The highest BCUT2D eigenvalue weighted by Gasteiger charge is 2.51. The molecule has 17 heteroatoms. The fourth-order valence-corrected chi connectivity index (χ4v) is 3.39. The third kappa shape index (κ3) is 6.17. The van der Waals surface area contributed by atoms with E-state index in [1.54, 1.807) is 6.92 Å². The Labute approximate surface area is 203 Å². The number of nitrogen functional groups attached to an aromatic ring is 1. The number of hydrogen-bond acceptors (Lipinski definition) is 14. The minimum absolute atomic E-state index is 0.0549. The number of esters is 3. The van der Waals surface area contributed by atoms with Crippen LogP contribution in [0, 0.1) is 0 Å². The standard InChI is InChI=1S/C19H25N9O8/c1-5-21-19(32)26-27-25-18-23-15(20)12-16(24-18)28(7-22-12)17-14(35-10(4)31)13(34-9(3)30)11(36-17)6-33-8(2)29/h7,11,13-14,17H,5-6H2,1-4H3,(H4,20,21,23,24,25,26,32)/t11-,13-,14-,17-/m1/s1. The Morgan fingerprint density at radius 1 is 1.11 bits per heavy atom. The number of aromatic nitrogens is 4. The normalized spacial score (nSPS) is 21.3. The Morgan fingerprint density at radius 3 is 2.44 bits per heavy atom. The smallest absolute Gasteiger partial charge is 0.336 e. The third-order valence-corrected chi connectivity index (χ3v) is 4.68. The maximum absolute atomic E-state index is 11.9. The van der Waals surface area contributed by atoms with Crippen molar-refractivity contribution in [2.75, 3.05) is 18.9 Å². The summed E-state index contributed by atoms with van der Waals surface area (Å²) < 4.78 is 23.2. The molecule has 36 heavy (non-hydrogen) atoms. The lowest BCUT2D eigenvalue weighted by Crippen LogP contribution is -2.40. The van der Waals surface area contributed by atoms with Crippen molar-refractivity contribution in [1.82, 2.24) is 30.3 Å². The van der Waals surface area contributed by atoms with Crippen molar-refractivity contribution in [2.24, 2.45) is 10.3 Å². The second-order valence-corrected chi connectivity index (χ2v) is 7.42. The van der Waals surface area contributed by atoms with Crippen molar-refractivity contribution in [1.29, 1.82) is 0 Å². The van der Waals surface area contributed by atoms with Gasteiger partial charge in [0.15, 0.2) is 29.9 Å². The monoisotopic (exact) mass is 507 g/mol. The van der Waals surface area contributed by atoms with E-state index in [-0.39, 0.29) is 29.5 Å². The molecule has 1 aliphatic heterocycles. The third-order valence-electron chi connectivity index (χ3n) is 4.68. The first-order valence-corrected chi connectivity index (χ1v) is 10.7. The molecule has 3 rings (SSSR count). The van der Waals surface area contributed by atoms with Gasteiger partial charge in [-0.1, -0.05) is 10.3 Å². The molecule has 2 amide bonds. The van der Waals surface area contributed by atoms with Gasteiger partial charge in [-0.3, -0.25) is 19.0 Å². The number of amides is 2. The molecule has 2 aromatic heterocycles. The van der Waals surface area contributed by atoms with Crippen LogP contribution < -0.4 is 16.5 Å². The Morgan fingerprint density at radius 2 is 1.81 bits per heavy atom. The molecule has 0 bridgehead atoms. The molecule has 0 aliphatic carbocycles. The van der Waals surface area contributed by atoms with Gasteiger partial charge >= 0.3 is 23.9 Å². The summed E-state index contributed by atoms with van der Waals surface area (Å²) >= 11 is 0. The van der Waals surface area contributed by atoms with Gasteiger partial charge in [0.2, 0.25) is 0 Å². The summed E-state index contributed by atoms with van der Waals surface area (Å²) in [7, 11) is 0. The molecular formula is C19H25N9O8. The van der Waals surface area contributed by atoms with Crippen molar-refractivity contribution in [2.45, 2.75) is 52.2 Å². The Hall–Kier alpha value is -4.41. The summed E-state index contributed by atoms with van der Waals surface area (Å²) in [6, 6.07) is -0.584. The van der Waals surface area contributed by atoms with Gasteiger partial charge in [-0.15, -0.1) is 0 Å². The lowest BCUT2D eigenvalue weighted by molar-refractivity contribution is -0.166. The average Bonchev–Trinajstić information content (AvgIpc) is 3.34. The number of ether oxygens (including phenoxy) is 4. The zero-order valence-corrected chi connectivity index (χ0v) is 19.8. The van der Waals surface area contributed by atoms with Gasteiger partial charge < -0.3 is 30.0 Å². The van der Waals surface area contributed by atoms with E-state index in [0.717, 1.165) is 0 Å². The molecule has 194 valence electrons. The van der Waals surface area contributed by atoms with Crippen molar-refractivity contribution >= 4 is 46.9 Å². The number of anilines is 1. The summed E-state index contributed by atoms with van der Waals surface area (Å²) in [6.07, 6.45) is -3.07. The largest absolute Gasteiger partial charge is 0.463 e. The van der Waals surface area contributed by atoms with Gasteiger partial charge in [0, 0.05) is 27.3 Å². The van der Waals surface area contributed by atoms with Gasteiger partial charge in [0.1, 0.15) is 18.2 Å². The fourth-order valence-electron chi connectivity index (χ4n) is 3.39. The summed E-state index contributed by atoms with van der Waals surface area (Å²) in [6.45, 7) is 5.38. The minimum Gasteiger partial charge on any atom is -0.463 e. The quantitative estimate of drug-likeness (QED) is 0.186. The van der Waals surface area contributed by atoms with Gasteiger partial charge in [0.05, 0.1) is 6.33 Å². The van der Waals surface area contributed by atoms with Crippen LogP contribution >= 0.6 is 0 Å². The number of hydrogen-bond donors (Lipinski definition) is 3. The molecule has 4 atom stereocenters. The van der Waals surface area contributed by atoms with E-state index in [4.69, 9.17) is 24.7 Å². The molecule has 4 N–H and O–H groups in total. The van der Waals surface area contributed by atoms with Crippen LogP contribution in [0.25, 0.3) is 11.2 Å². The summed E-state index contributed by atoms with van der Waals surface area (Å²) in [5, 5.41) is 9.71. The minimum atomic E-state index is -1.16. The molecule has 17 nitrogen and oxygen atoms in total. The number of rotatable bonds is 8. The van der Waals surface area contributed by atoms with Crippen LogP contribution in [0.2, 0.25) is 0 Å². The molecule has 0 spiro atoms. The van der Waals surface area contributed by atoms with Crippen LogP contribution in [-0.4, -0.2) is 74.9 Å². The van der Waals surface area contributed by atoms with Crippen LogP contribution in [0.5, 0.6) is 0 Å². The molecule has 1 fully saturated rings. The highest BCUT2D eigenvalue weighted by atomic mass is 16.7. The predicted octanol–water partition coefficient (Wildman–Crippen LogP) is 0.0502. The highest BCUT2D eigenvalue weighted by molar-refractivity contribution is 5.82. The van der Waals surface area contributed by atoms with Gasteiger partial charge in [-0.05, 0) is 6.92 Å². The summed E-state index contributed by atoms with van der Waals surface area (Å²) in [5.74, 6) is -2.20. The van der Waals surface area contributed by atoms with E-state index >= 15 is 0 Å². The number of urea groups is 1. The maximum Gasteiger partial charge on any atom is 0.336 e. The zero-order chi connectivity index (χ0) is 26.4. The fraction of sp³-hybridized carbons (Fsp3) is 0.526. The molecule has 0 aromatic carbocycles. The zero-order valence-electron chi connectivity index (χ0n) is 19.8. The van der Waals surface area contributed by atoms with Crippen molar-refractivity contribution < 1.29 is 38.1 Å². The molecule has 2 aromatic rings. The Bertz CT molecular complexity index is 1180. The predicted molar refractivity (Wildman–Crippen MR) is 118 cm³/mol. The van der Waals surface area contributed by atoms with E-state index in [1.165, 1.54) is 31.7 Å². The first-order chi connectivity index (χ1) is 17.1. The second kappa shape index (κ2) is 11.3. The van der Waals surface area contributed by atoms with Crippen molar-refractivity contribution in [3.8, 4) is 0 Å². The van der Waals surface area contributed by atoms with Crippen molar-refractivity contribution in [3.05, 3.63) is 6.33 Å². The number of nitrogens with two attached hydrogens (primary N) is 1. The topological polar surface area (TPSA) is 224 Å². The van der Waals surface area contributed by atoms with Crippen LogP contribution in [0.15, 0.2) is 16.7 Å². The van der Waals surface area contributed by atoms with E-state index < -0.39 is 48.5 Å². The molecule has 0 saturated carbocycles. The first kappa shape index (κ1) is 26.2. The SMILES string of the molecule is CCNC(=O)N/N=N/c1nc(N)c2ncn([C@@H]3O[C@H](COC(C)=O)[C@@H](OC(C)=O)[C@H]3OC(C)=O)c2n1. The number of imidazole rings is 1. The van der Waals surface area contributed by atoms with Crippen molar-refractivity contribution in [3.63, 3.8) is 0 Å². The Balaban J connectivity index is 1.99. The molecule has 1 aliphatic rings. The van der Waals surface area contributed by atoms with Gasteiger partial charge in [-0.2, -0.15) is 9.97 Å². The number of carbonyl (C=O) groups excluding carboxylic acids is 4. The van der Waals surface area contributed by atoms with Crippen LogP contribution in [-0.2, 0) is 33.3 Å². The van der Waals surface area contributed by atoms with Crippen LogP contribution in [0.1, 0.15) is 33.9 Å². The number of fused-ring (bicyclic) bond motifs is 1. The number of nitrogens with one attached hydrogen (secondary N) is 2. The van der Waals surface area contributed by atoms with E-state index in [2.05, 4.69) is 36.0 Å².